The number of hydrogen-bond acceptors (Lipinski definition) is 7. The van der Waals surface area contributed by atoms with Crippen molar-refractivity contribution < 1.29 is 29.0 Å². The molecule has 8 nitrogen and oxygen atoms in total. The maximum Gasteiger partial charge on any atom is 0.407 e. The Kier molecular flexibility index (Phi) is 6.76. The molecule has 37 heavy (non-hydrogen) atoms. The van der Waals surface area contributed by atoms with Crippen molar-refractivity contribution in [1.82, 2.24) is 5.32 Å². The average Bonchev–Trinajstić information content (AvgIpc) is 2.86. The van der Waals surface area contributed by atoms with Gasteiger partial charge in [-0.15, -0.1) is 0 Å². The van der Waals surface area contributed by atoms with Crippen LogP contribution < -0.4 is 15.8 Å². The first-order chi connectivity index (χ1) is 17.5. The number of rotatable bonds is 7. The number of aromatic hydroxyl groups is 1. The molecule has 0 radical (unpaired) electrons. The summed E-state index contributed by atoms with van der Waals surface area (Å²) >= 11 is 0. The van der Waals surface area contributed by atoms with Gasteiger partial charge in [-0.25, -0.2) is 4.79 Å². The molecule has 1 aliphatic rings. The van der Waals surface area contributed by atoms with Gasteiger partial charge in [0.15, 0.2) is 11.6 Å². The minimum atomic E-state index is -0.707. The van der Waals surface area contributed by atoms with E-state index in [4.69, 9.17) is 15.2 Å². The standard InChI is InChI=1S/C29H28N2O6/c1-16(2)17-8-7-9-18(14-17)29(3,4)31-28(35)37-13-12-36-22-15-21(32)23-24(25(22)30)27(34)20-11-6-5-10-19(20)26(23)33/h5-11,14-15,32H,1,12-13,30H2,2-4H3,(H,31,35). The van der Waals surface area contributed by atoms with Crippen LogP contribution >= 0.6 is 0 Å². The Labute approximate surface area is 214 Å². The summed E-state index contributed by atoms with van der Waals surface area (Å²) in [5.74, 6) is -1.36. The number of amides is 1. The van der Waals surface area contributed by atoms with Crippen molar-refractivity contribution in [2.75, 3.05) is 18.9 Å². The molecule has 190 valence electrons. The lowest BCUT2D eigenvalue weighted by Gasteiger charge is -2.27. The maximum absolute atomic E-state index is 13.0. The molecule has 0 heterocycles. The first kappa shape index (κ1) is 25.5. The number of hydrogen-bond donors (Lipinski definition) is 3. The van der Waals surface area contributed by atoms with E-state index in [9.17, 15) is 19.5 Å². The van der Waals surface area contributed by atoms with Crippen LogP contribution in [0.3, 0.4) is 0 Å². The van der Waals surface area contributed by atoms with Crippen LogP contribution in [0.25, 0.3) is 5.57 Å². The summed E-state index contributed by atoms with van der Waals surface area (Å²) in [5, 5.41) is 13.3. The smallest absolute Gasteiger partial charge is 0.407 e. The van der Waals surface area contributed by atoms with Crippen LogP contribution in [0.4, 0.5) is 10.5 Å². The third-order valence-electron chi connectivity index (χ3n) is 6.24. The number of nitrogens with two attached hydrogens (primary N) is 1. The first-order valence-corrected chi connectivity index (χ1v) is 11.7. The zero-order chi connectivity index (χ0) is 26.9. The fourth-order valence-corrected chi connectivity index (χ4v) is 4.22. The molecule has 0 saturated heterocycles. The Balaban J connectivity index is 1.40. The van der Waals surface area contributed by atoms with Gasteiger partial charge in [-0.05, 0) is 38.0 Å². The molecule has 3 aromatic carbocycles. The van der Waals surface area contributed by atoms with E-state index in [-0.39, 0.29) is 46.9 Å². The van der Waals surface area contributed by atoms with Crippen LogP contribution in [0.2, 0.25) is 0 Å². The SMILES string of the molecule is C=C(C)c1cccc(C(C)(C)NC(=O)OCCOc2cc(O)c3c(c2N)C(=O)c2ccccc2C3=O)c1. The van der Waals surface area contributed by atoms with Crippen LogP contribution in [0.5, 0.6) is 11.5 Å². The summed E-state index contributed by atoms with van der Waals surface area (Å²) in [4.78, 5) is 38.3. The second-order valence-electron chi connectivity index (χ2n) is 9.36. The summed E-state index contributed by atoms with van der Waals surface area (Å²) in [7, 11) is 0. The van der Waals surface area contributed by atoms with Gasteiger partial charge in [-0.1, -0.05) is 54.6 Å². The van der Waals surface area contributed by atoms with E-state index < -0.39 is 28.9 Å². The molecular formula is C29H28N2O6. The van der Waals surface area contributed by atoms with Gasteiger partial charge in [0.1, 0.15) is 24.7 Å². The van der Waals surface area contributed by atoms with Gasteiger partial charge in [0.2, 0.25) is 0 Å². The number of ether oxygens (including phenoxy) is 2. The highest BCUT2D eigenvalue weighted by molar-refractivity contribution is 6.31. The molecule has 8 heteroatoms. The molecule has 0 unspecified atom stereocenters. The molecular weight excluding hydrogens is 472 g/mol. The molecule has 0 bridgehead atoms. The van der Waals surface area contributed by atoms with Gasteiger partial charge in [0.25, 0.3) is 0 Å². The number of carbonyl (C=O) groups excluding carboxylic acids is 3. The van der Waals surface area contributed by atoms with Crippen LogP contribution in [0.1, 0.15) is 63.7 Å². The number of ketones is 2. The minimum Gasteiger partial charge on any atom is -0.507 e. The fraction of sp³-hybridized carbons (Fsp3) is 0.207. The van der Waals surface area contributed by atoms with E-state index in [1.165, 1.54) is 18.2 Å². The number of alkyl carbamates (subject to hydrolysis) is 1. The number of fused-ring (bicyclic) bond motifs is 2. The lowest BCUT2D eigenvalue weighted by Crippen LogP contribution is -2.41. The third-order valence-corrected chi connectivity index (χ3v) is 6.24. The van der Waals surface area contributed by atoms with Gasteiger partial charge in [0, 0.05) is 17.2 Å². The predicted molar refractivity (Wildman–Crippen MR) is 140 cm³/mol. The molecule has 1 amide bonds. The third kappa shape index (κ3) is 4.91. The van der Waals surface area contributed by atoms with Crippen LogP contribution in [0.15, 0.2) is 61.2 Å². The molecule has 4 rings (SSSR count). The van der Waals surface area contributed by atoms with Gasteiger partial charge in [0.05, 0.1) is 22.4 Å². The molecule has 0 spiro atoms. The van der Waals surface area contributed by atoms with Crippen LogP contribution in [-0.4, -0.2) is 36.0 Å². The number of carbonyl (C=O) groups is 3. The van der Waals surface area contributed by atoms with Gasteiger partial charge in [-0.3, -0.25) is 9.59 Å². The van der Waals surface area contributed by atoms with Gasteiger partial charge in [-0.2, -0.15) is 0 Å². The minimum absolute atomic E-state index is 0.0118. The van der Waals surface area contributed by atoms with E-state index in [1.807, 2.05) is 45.0 Å². The second-order valence-corrected chi connectivity index (χ2v) is 9.36. The Bertz CT molecular complexity index is 1440. The molecule has 0 atom stereocenters. The highest BCUT2D eigenvalue weighted by atomic mass is 16.6. The molecule has 0 saturated carbocycles. The topological polar surface area (TPSA) is 128 Å². The number of nitrogens with one attached hydrogen (secondary N) is 1. The normalized spacial score (nSPS) is 12.4. The lowest BCUT2D eigenvalue weighted by molar-refractivity contribution is 0.0976. The van der Waals surface area contributed by atoms with E-state index >= 15 is 0 Å². The summed E-state index contributed by atoms with van der Waals surface area (Å²) < 4.78 is 10.8. The predicted octanol–water partition coefficient (Wildman–Crippen LogP) is 4.82. The van der Waals surface area contributed by atoms with Crippen molar-refractivity contribution >= 4 is 28.9 Å². The quantitative estimate of drug-likeness (QED) is 0.188. The fourth-order valence-electron chi connectivity index (χ4n) is 4.22. The summed E-state index contributed by atoms with van der Waals surface area (Å²) in [6, 6.07) is 15.2. The van der Waals surface area contributed by atoms with Gasteiger partial charge >= 0.3 is 6.09 Å². The number of benzene rings is 3. The largest absolute Gasteiger partial charge is 0.507 e. The van der Waals surface area contributed by atoms with Crippen molar-refractivity contribution in [1.29, 1.82) is 0 Å². The molecule has 1 aliphatic carbocycles. The lowest BCUT2D eigenvalue weighted by atomic mass is 9.82. The molecule has 0 aromatic heterocycles. The van der Waals surface area contributed by atoms with E-state index in [0.29, 0.717) is 0 Å². The summed E-state index contributed by atoms with van der Waals surface area (Å²) in [6.45, 7) is 9.36. The summed E-state index contributed by atoms with van der Waals surface area (Å²) in [5.41, 5.74) is 8.34. The molecule has 4 N–H and O–H groups in total. The second kappa shape index (κ2) is 9.81. The number of anilines is 1. The van der Waals surface area contributed by atoms with E-state index in [2.05, 4.69) is 11.9 Å². The van der Waals surface area contributed by atoms with Crippen LogP contribution in [0, 0.1) is 0 Å². The van der Waals surface area contributed by atoms with Crippen LogP contribution in [-0.2, 0) is 10.3 Å². The number of allylic oxidation sites excluding steroid dienone is 1. The Morgan fingerprint density at radius 1 is 1.00 bits per heavy atom. The molecule has 3 aromatic rings. The maximum atomic E-state index is 13.0. The zero-order valence-electron chi connectivity index (χ0n) is 20.9. The highest BCUT2D eigenvalue weighted by Crippen LogP contribution is 2.41. The molecule has 0 aliphatic heterocycles. The number of phenolic OH excluding ortho intramolecular Hbond substituents is 1. The van der Waals surface area contributed by atoms with E-state index in [1.54, 1.807) is 12.1 Å². The van der Waals surface area contributed by atoms with Crippen molar-refractivity contribution in [2.24, 2.45) is 0 Å². The Morgan fingerprint density at radius 3 is 2.30 bits per heavy atom. The first-order valence-electron chi connectivity index (χ1n) is 11.7. The molecule has 0 fully saturated rings. The van der Waals surface area contributed by atoms with Crippen molar-refractivity contribution in [3.8, 4) is 11.5 Å². The monoisotopic (exact) mass is 500 g/mol. The Hall–Kier alpha value is -4.59. The zero-order valence-corrected chi connectivity index (χ0v) is 20.9. The van der Waals surface area contributed by atoms with Crippen molar-refractivity contribution in [2.45, 2.75) is 26.3 Å². The van der Waals surface area contributed by atoms with Crippen molar-refractivity contribution in [3.63, 3.8) is 0 Å². The highest BCUT2D eigenvalue weighted by Gasteiger charge is 2.35. The van der Waals surface area contributed by atoms with Gasteiger partial charge < -0.3 is 25.6 Å². The number of phenols is 1. The average molecular weight is 501 g/mol. The number of nitrogen functional groups attached to an aromatic ring is 1. The Morgan fingerprint density at radius 2 is 1.65 bits per heavy atom. The van der Waals surface area contributed by atoms with E-state index in [0.717, 1.165) is 16.7 Å². The van der Waals surface area contributed by atoms with Crippen molar-refractivity contribution in [3.05, 3.63) is 94.6 Å². The summed E-state index contributed by atoms with van der Waals surface area (Å²) in [6.07, 6.45) is -0.645.